The highest BCUT2D eigenvalue weighted by atomic mass is 16.1. The molecule has 0 aliphatic heterocycles. The van der Waals surface area contributed by atoms with Crippen LogP contribution in [0.1, 0.15) is 17.3 Å². The number of carbonyl (C=O) groups is 2. The van der Waals surface area contributed by atoms with Crippen LogP contribution in [-0.4, -0.2) is 16.3 Å². The SMILES string of the molecule is CC(=O)c1cn(CC(N)=O)c2ccccc12. The van der Waals surface area contributed by atoms with Crippen molar-refractivity contribution in [2.75, 3.05) is 0 Å². The second kappa shape index (κ2) is 3.81. The van der Waals surface area contributed by atoms with Gasteiger partial charge in [0.05, 0.1) is 0 Å². The summed E-state index contributed by atoms with van der Waals surface area (Å²) >= 11 is 0. The van der Waals surface area contributed by atoms with Crippen LogP contribution in [0, 0.1) is 0 Å². The topological polar surface area (TPSA) is 65.1 Å². The first kappa shape index (κ1) is 10.4. The summed E-state index contributed by atoms with van der Waals surface area (Å²) in [5.41, 5.74) is 6.63. The van der Waals surface area contributed by atoms with Gasteiger partial charge in [0.25, 0.3) is 0 Å². The van der Waals surface area contributed by atoms with Crippen LogP contribution in [0.2, 0.25) is 0 Å². The summed E-state index contributed by atoms with van der Waals surface area (Å²) in [7, 11) is 0. The van der Waals surface area contributed by atoms with Crippen LogP contribution < -0.4 is 5.73 Å². The van der Waals surface area contributed by atoms with Crippen LogP contribution in [0.5, 0.6) is 0 Å². The zero-order valence-electron chi connectivity index (χ0n) is 8.93. The highest BCUT2D eigenvalue weighted by molar-refractivity contribution is 6.07. The summed E-state index contributed by atoms with van der Waals surface area (Å²) in [5, 5.41) is 0.858. The van der Waals surface area contributed by atoms with Gasteiger partial charge in [-0.05, 0) is 13.0 Å². The molecule has 0 bridgehead atoms. The lowest BCUT2D eigenvalue weighted by Crippen LogP contribution is -2.17. The van der Waals surface area contributed by atoms with E-state index >= 15 is 0 Å². The van der Waals surface area contributed by atoms with Crippen LogP contribution in [0.25, 0.3) is 10.9 Å². The molecule has 0 saturated heterocycles. The third kappa shape index (κ3) is 1.69. The molecule has 0 spiro atoms. The number of amides is 1. The second-order valence-corrected chi connectivity index (χ2v) is 3.71. The van der Waals surface area contributed by atoms with E-state index in [-0.39, 0.29) is 12.3 Å². The van der Waals surface area contributed by atoms with Crippen molar-refractivity contribution in [1.82, 2.24) is 4.57 Å². The highest BCUT2D eigenvalue weighted by Crippen LogP contribution is 2.21. The van der Waals surface area contributed by atoms with Gasteiger partial charge in [-0.3, -0.25) is 9.59 Å². The van der Waals surface area contributed by atoms with Crippen molar-refractivity contribution in [3.63, 3.8) is 0 Å². The Labute approximate surface area is 92.7 Å². The Morgan fingerprint density at radius 2 is 2.00 bits per heavy atom. The summed E-state index contributed by atoms with van der Waals surface area (Å²) in [4.78, 5) is 22.3. The van der Waals surface area contributed by atoms with Crippen LogP contribution in [0.15, 0.2) is 30.5 Å². The predicted octanol–water partition coefficient (Wildman–Crippen LogP) is 1.33. The number of rotatable bonds is 3. The first-order valence-electron chi connectivity index (χ1n) is 4.96. The van der Waals surface area contributed by atoms with E-state index in [2.05, 4.69) is 0 Å². The number of nitrogens with zero attached hydrogens (tertiary/aromatic N) is 1. The zero-order chi connectivity index (χ0) is 11.7. The number of Topliss-reactive ketones (excluding diaryl/α,β-unsaturated/α-hetero) is 1. The van der Waals surface area contributed by atoms with Gasteiger partial charge < -0.3 is 10.3 Å². The number of carbonyl (C=O) groups excluding carboxylic acids is 2. The second-order valence-electron chi connectivity index (χ2n) is 3.71. The summed E-state index contributed by atoms with van der Waals surface area (Å²) in [6.45, 7) is 1.60. The Morgan fingerprint density at radius 1 is 1.31 bits per heavy atom. The third-order valence-electron chi connectivity index (χ3n) is 2.49. The fourth-order valence-corrected chi connectivity index (χ4v) is 1.83. The number of hydrogen-bond acceptors (Lipinski definition) is 2. The smallest absolute Gasteiger partial charge is 0.237 e. The number of aromatic nitrogens is 1. The molecule has 0 aliphatic carbocycles. The van der Waals surface area contributed by atoms with E-state index in [0.717, 1.165) is 10.9 Å². The summed E-state index contributed by atoms with van der Waals surface area (Å²) < 4.78 is 1.70. The van der Waals surface area contributed by atoms with Gasteiger partial charge in [0, 0.05) is 22.7 Å². The molecule has 2 N–H and O–H groups in total. The molecule has 0 atom stereocenters. The number of primary amides is 1. The minimum Gasteiger partial charge on any atom is -0.368 e. The lowest BCUT2D eigenvalue weighted by atomic mass is 10.1. The molecule has 1 aromatic carbocycles. The quantitative estimate of drug-likeness (QED) is 0.786. The van der Waals surface area contributed by atoms with Gasteiger partial charge in [0.2, 0.25) is 5.91 Å². The molecule has 1 amide bonds. The standard InChI is InChI=1S/C12H12N2O2/c1-8(15)10-6-14(7-12(13)16)11-5-3-2-4-9(10)11/h2-6H,7H2,1H3,(H2,13,16). The maximum Gasteiger partial charge on any atom is 0.237 e. The summed E-state index contributed by atoms with van der Waals surface area (Å²) in [6, 6.07) is 7.46. The van der Waals surface area contributed by atoms with Crippen LogP contribution in [-0.2, 0) is 11.3 Å². The van der Waals surface area contributed by atoms with Crippen molar-refractivity contribution in [3.05, 3.63) is 36.0 Å². The van der Waals surface area contributed by atoms with Crippen molar-refractivity contribution in [3.8, 4) is 0 Å². The highest BCUT2D eigenvalue weighted by Gasteiger charge is 2.11. The zero-order valence-corrected chi connectivity index (χ0v) is 8.93. The molecular formula is C12H12N2O2. The molecule has 0 aliphatic rings. The fourth-order valence-electron chi connectivity index (χ4n) is 1.83. The van der Waals surface area contributed by atoms with E-state index in [1.807, 2.05) is 24.3 Å². The van der Waals surface area contributed by atoms with E-state index in [4.69, 9.17) is 5.73 Å². The lowest BCUT2D eigenvalue weighted by molar-refractivity contribution is -0.118. The van der Waals surface area contributed by atoms with Crippen molar-refractivity contribution in [1.29, 1.82) is 0 Å². The Balaban J connectivity index is 2.66. The van der Waals surface area contributed by atoms with Crippen molar-refractivity contribution >= 4 is 22.6 Å². The Morgan fingerprint density at radius 3 is 2.62 bits per heavy atom. The maximum absolute atomic E-state index is 11.4. The number of ketones is 1. The number of para-hydroxylation sites is 1. The molecule has 82 valence electrons. The molecule has 0 fully saturated rings. The average Bonchev–Trinajstić information content (AvgIpc) is 2.57. The first-order chi connectivity index (χ1) is 7.59. The van der Waals surface area contributed by atoms with Crippen molar-refractivity contribution < 1.29 is 9.59 Å². The number of hydrogen-bond donors (Lipinski definition) is 1. The molecule has 2 aromatic rings. The molecule has 0 saturated carbocycles. The Kier molecular flexibility index (Phi) is 2.48. The number of fused-ring (bicyclic) bond motifs is 1. The minimum absolute atomic E-state index is 0.0144. The van der Waals surface area contributed by atoms with Gasteiger partial charge >= 0.3 is 0 Å². The Bertz CT molecular complexity index is 569. The largest absolute Gasteiger partial charge is 0.368 e. The molecule has 16 heavy (non-hydrogen) atoms. The molecule has 2 rings (SSSR count). The van der Waals surface area contributed by atoms with Crippen LogP contribution in [0.4, 0.5) is 0 Å². The van der Waals surface area contributed by atoms with Crippen LogP contribution in [0.3, 0.4) is 0 Å². The molecule has 1 aromatic heterocycles. The molecule has 4 heteroatoms. The van der Waals surface area contributed by atoms with Gasteiger partial charge in [0.15, 0.2) is 5.78 Å². The first-order valence-corrected chi connectivity index (χ1v) is 4.96. The maximum atomic E-state index is 11.4. The minimum atomic E-state index is -0.421. The predicted molar refractivity (Wildman–Crippen MR) is 61.1 cm³/mol. The normalized spacial score (nSPS) is 10.6. The molecule has 4 nitrogen and oxygen atoms in total. The van der Waals surface area contributed by atoms with E-state index < -0.39 is 5.91 Å². The van der Waals surface area contributed by atoms with Gasteiger partial charge in [-0.2, -0.15) is 0 Å². The van der Waals surface area contributed by atoms with Crippen molar-refractivity contribution in [2.45, 2.75) is 13.5 Å². The van der Waals surface area contributed by atoms with Gasteiger partial charge in [-0.25, -0.2) is 0 Å². The lowest BCUT2D eigenvalue weighted by Gasteiger charge is -2.00. The fraction of sp³-hybridized carbons (Fsp3) is 0.167. The summed E-state index contributed by atoms with van der Waals surface area (Å²) in [6.07, 6.45) is 1.68. The van der Waals surface area contributed by atoms with Crippen LogP contribution >= 0.6 is 0 Å². The van der Waals surface area contributed by atoms with Crippen molar-refractivity contribution in [2.24, 2.45) is 5.73 Å². The monoisotopic (exact) mass is 216 g/mol. The molecule has 1 heterocycles. The van der Waals surface area contributed by atoms with E-state index in [1.54, 1.807) is 10.8 Å². The van der Waals surface area contributed by atoms with E-state index in [0.29, 0.717) is 5.56 Å². The third-order valence-corrected chi connectivity index (χ3v) is 2.49. The average molecular weight is 216 g/mol. The Hall–Kier alpha value is -2.10. The van der Waals surface area contributed by atoms with Gasteiger partial charge in [-0.1, -0.05) is 18.2 Å². The molecule has 0 radical (unpaired) electrons. The van der Waals surface area contributed by atoms with E-state index in [9.17, 15) is 9.59 Å². The van der Waals surface area contributed by atoms with Gasteiger partial charge in [0.1, 0.15) is 6.54 Å². The molecular weight excluding hydrogens is 204 g/mol. The summed E-state index contributed by atoms with van der Waals surface area (Å²) in [5.74, 6) is -0.435. The number of benzene rings is 1. The molecule has 0 unspecified atom stereocenters. The van der Waals surface area contributed by atoms with E-state index in [1.165, 1.54) is 6.92 Å². The number of nitrogens with two attached hydrogens (primary N) is 1. The van der Waals surface area contributed by atoms with Gasteiger partial charge in [-0.15, -0.1) is 0 Å².